The first-order valence-electron chi connectivity index (χ1n) is 6.81. The zero-order valence-electron chi connectivity index (χ0n) is 11.9. The molecule has 0 heterocycles. The Kier molecular flexibility index (Phi) is 7.64. The van der Waals surface area contributed by atoms with E-state index in [2.05, 4.69) is 24.1 Å². The van der Waals surface area contributed by atoms with Crippen molar-refractivity contribution >= 4 is 0 Å². The third-order valence-corrected chi connectivity index (χ3v) is 3.06. The number of benzene rings is 1. The predicted molar refractivity (Wildman–Crippen MR) is 77.0 cm³/mol. The van der Waals surface area contributed by atoms with E-state index in [1.54, 1.807) is 0 Å². The smallest absolute Gasteiger partial charge is 0.174 e. The van der Waals surface area contributed by atoms with E-state index in [1.165, 1.54) is 5.56 Å². The van der Waals surface area contributed by atoms with Crippen LogP contribution in [0.3, 0.4) is 0 Å². The molecule has 1 N–H and O–H groups in total. The SMILES string of the molecule is CCN(CC)CCNCc1ccc(OCC#N)cc1. The van der Waals surface area contributed by atoms with Gasteiger partial charge in [0, 0.05) is 19.6 Å². The van der Waals surface area contributed by atoms with Crippen molar-refractivity contribution in [3.05, 3.63) is 29.8 Å². The average molecular weight is 261 g/mol. The van der Waals surface area contributed by atoms with Gasteiger partial charge in [0.1, 0.15) is 11.8 Å². The minimum Gasteiger partial charge on any atom is -0.479 e. The van der Waals surface area contributed by atoms with E-state index in [0.29, 0.717) is 0 Å². The number of likely N-dealkylation sites (N-methyl/N-ethyl adjacent to an activating group) is 1. The Morgan fingerprint density at radius 1 is 1.21 bits per heavy atom. The molecular weight excluding hydrogens is 238 g/mol. The molecule has 0 aliphatic rings. The summed E-state index contributed by atoms with van der Waals surface area (Å²) in [6.45, 7) is 9.60. The monoisotopic (exact) mass is 261 g/mol. The lowest BCUT2D eigenvalue weighted by Gasteiger charge is -2.18. The van der Waals surface area contributed by atoms with Gasteiger partial charge in [0.15, 0.2) is 6.61 Å². The van der Waals surface area contributed by atoms with Gasteiger partial charge in [0.2, 0.25) is 0 Å². The summed E-state index contributed by atoms with van der Waals surface area (Å²) >= 11 is 0. The van der Waals surface area contributed by atoms with Gasteiger partial charge in [0.25, 0.3) is 0 Å². The third kappa shape index (κ3) is 6.23. The molecule has 0 saturated carbocycles. The Balaban J connectivity index is 2.24. The second-order valence-corrected chi connectivity index (χ2v) is 4.29. The van der Waals surface area contributed by atoms with Gasteiger partial charge in [-0.2, -0.15) is 5.26 Å². The molecule has 4 heteroatoms. The lowest BCUT2D eigenvalue weighted by molar-refractivity contribution is 0.302. The minimum atomic E-state index is 0.0987. The molecule has 104 valence electrons. The molecule has 4 nitrogen and oxygen atoms in total. The molecule has 19 heavy (non-hydrogen) atoms. The molecule has 1 rings (SSSR count). The number of nitriles is 1. The Labute approximate surface area is 116 Å². The van der Waals surface area contributed by atoms with Crippen molar-refractivity contribution in [2.45, 2.75) is 20.4 Å². The van der Waals surface area contributed by atoms with Crippen molar-refractivity contribution < 1.29 is 4.74 Å². The van der Waals surface area contributed by atoms with Gasteiger partial charge in [-0.25, -0.2) is 0 Å². The van der Waals surface area contributed by atoms with Crippen LogP contribution in [0.5, 0.6) is 5.75 Å². The second-order valence-electron chi connectivity index (χ2n) is 4.29. The summed E-state index contributed by atoms with van der Waals surface area (Å²) in [5.74, 6) is 0.744. The molecule has 0 atom stereocenters. The van der Waals surface area contributed by atoms with E-state index in [-0.39, 0.29) is 6.61 Å². The van der Waals surface area contributed by atoms with E-state index in [0.717, 1.165) is 38.5 Å². The van der Waals surface area contributed by atoms with Crippen LogP contribution in [0.4, 0.5) is 0 Å². The largest absolute Gasteiger partial charge is 0.479 e. The molecule has 0 amide bonds. The summed E-state index contributed by atoms with van der Waals surface area (Å²) in [7, 11) is 0. The quantitative estimate of drug-likeness (QED) is 0.691. The first-order chi connectivity index (χ1) is 9.30. The van der Waals surface area contributed by atoms with Crippen LogP contribution in [0.15, 0.2) is 24.3 Å². The predicted octanol–water partition coefficient (Wildman–Crippen LogP) is 2.02. The molecule has 0 saturated heterocycles. The van der Waals surface area contributed by atoms with Crippen LogP contribution in [0.2, 0.25) is 0 Å². The fourth-order valence-corrected chi connectivity index (χ4v) is 1.83. The summed E-state index contributed by atoms with van der Waals surface area (Å²) in [5.41, 5.74) is 1.23. The van der Waals surface area contributed by atoms with E-state index < -0.39 is 0 Å². The number of rotatable bonds is 9. The summed E-state index contributed by atoms with van der Waals surface area (Å²) in [5, 5.41) is 11.9. The van der Waals surface area contributed by atoms with E-state index in [4.69, 9.17) is 10.00 Å². The highest BCUT2D eigenvalue weighted by Gasteiger charge is 1.98. The Morgan fingerprint density at radius 3 is 2.47 bits per heavy atom. The third-order valence-electron chi connectivity index (χ3n) is 3.06. The minimum absolute atomic E-state index is 0.0987. The highest BCUT2D eigenvalue weighted by atomic mass is 16.5. The van der Waals surface area contributed by atoms with Crippen LogP contribution in [-0.2, 0) is 6.54 Å². The fourth-order valence-electron chi connectivity index (χ4n) is 1.83. The van der Waals surface area contributed by atoms with Crippen LogP contribution in [0.25, 0.3) is 0 Å². The molecule has 0 aromatic heterocycles. The maximum absolute atomic E-state index is 8.42. The van der Waals surface area contributed by atoms with Crippen molar-refractivity contribution in [3.8, 4) is 11.8 Å². The molecular formula is C15H23N3O. The lowest BCUT2D eigenvalue weighted by Crippen LogP contribution is -2.31. The van der Waals surface area contributed by atoms with E-state index in [1.807, 2.05) is 30.3 Å². The van der Waals surface area contributed by atoms with Gasteiger partial charge < -0.3 is 15.0 Å². The number of hydrogen-bond donors (Lipinski definition) is 1. The molecule has 0 unspecified atom stereocenters. The van der Waals surface area contributed by atoms with Crippen molar-refractivity contribution in [1.29, 1.82) is 5.26 Å². The number of ether oxygens (including phenoxy) is 1. The van der Waals surface area contributed by atoms with Crippen LogP contribution in [0, 0.1) is 11.3 Å². The molecule has 0 radical (unpaired) electrons. The Bertz CT molecular complexity index is 379. The van der Waals surface area contributed by atoms with Crippen LogP contribution in [-0.4, -0.2) is 37.7 Å². The zero-order chi connectivity index (χ0) is 13.9. The van der Waals surface area contributed by atoms with Crippen molar-refractivity contribution in [3.63, 3.8) is 0 Å². The van der Waals surface area contributed by atoms with Crippen molar-refractivity contribution in [1.82, 2.24) is 10.2 Å². The highest BCUT2D eigenvalue weighted by Crippen LogP contribution is 2.11. The maximum Gasteiger partial charge on any atom is 0.174 e. The van der Waals surface area contributed by atoms with E-state index >= 15 is 0 Å². The number of hydrogen-bond acceptors (Lipinski definition) is 4. The molecule has 0 fully saturated rings. The highest BCUT2D eigenvalue weighted by molar-refractivity contribution is 5.27. The molecule has 0 spiro atoms. The molecule has 0 aliphatic heterocycles. The second kappa shape index (κ2) is 9.37. The molecule has 1 aromatic carbocycles. The summed E-state index contributed by atoms with van der Waals surface area (Å²) in [4.78, 5) is 2.39. The van der Waals surface area contributed by atoms with E-state index in [9.17, 15) is 0 Å². The molecule has 0 aliphatic carbocycles. The standard InChI is InChI=1S/C15H23N3O/c1-3-18(4-2)11-10-17-13-14-5-7-15(8-6-14)19-12-9-16/h5-8,17H,3-4,10-13H2,1-2H3. The number of nitrogens with one attached hydrogen (secondary N) is 1. The lowest BCUT2D eigenvalue weighted by atomic mass is 10.2. The first kappa shape index (κ1) is 15.5. The van der Waals surface area contributed by atoms with Crippen LogP contribution < -0.4 is 10.1 Å². The van der Waals surface area contributed by atoms with Gasteiger partial charge in [0.05, 0.1) is 0 Å². The zero-order valence-corrected chi connectivity index (χ0v) is 11.9. The van der Waals surface area contributed by atoms with Gasteiger partial charge in [-0.1, -0.05) is 26.0 Å². The van der Waals surface area contributed by atoms with Crippen LogP contribution in [0.1, 0.15) is 19.4 Å². The summed E-state index contributed by atoms with van der Waals surface area (Å²) in [6.07, 6.45) is 0. The topological polar surface area (TPSA) is 48.3 Å². The Hall–Kier alpha value is -1.57. The Morgan fingerprint density at radius 2 is 1.89 bits per heavy atom. The first-order valence-corrected chi connectivity index (χ1v) is 6.81. The molecule has 0 bridgehead atoms. The summed E-state index contributed by atoms with van der Waals surface area (Å²) in [6, 6.07) is 9.81. The molecule has 1 aromatic rings. The van der Waals surface area contributed by atoms with Gasteiger partial charge in [-0.05, 0) is 30.8 Å². The average Bonchev–Trinajstić information content (AvgIpc) is 2.46. The van der Waals surface area contributed by atoms with Crippen LogP contribution >= 0.6 is 0 Å². The number of nitrogens with zero attached hydrogens (tertiary/aromatic N) is 2. The normalized spacial score (nSPS) is 10.4. The van der Waals surface area contributed by atoms with Gasteiger partial charge >= 0.3 is 0 Å². The maximum atomic E-state index is 8.42. The fraction of sp³-hybridized carbons (Fsp3) is 0.533. The van der Waals surface area contributed by atoms with Crippen molar-refractivity contribution in [2.24, 2.45) is 0 Å². The van der Waals surface area contributed by atoms with Gasteiger partial charge in [-0.15, -0.1) is 0 Å². The summed E-state index contributed by atoms with van der Waals surface area (Å²) < 4.78 is 5.21. The van der Waals surface area contributed by atoms with Gasteiger partial charge in [-0.3, -0.25) is 0 Å². The van der Waals surface area contributed by atoms with Crippen molar-refractivity contribution in [2.75, 3.05) is 32.8 Å².